The number of carbonyl (C=O) groups excluding carboxylic acids is 1. The van der Waals surface area contributed by atoms with E-state index >= 15 is 0 Å². The first-order valence-corrected chi connectivity index (χ1v) is 7.99. The van der Waals surface area contributed by atoms with Gasteiger partial charge in [0, 0.05) is 7.05 Å². The van der Waals surface area contributed by atoms with Gasteiger partial charge in [-0.15, -0.1) is 0 Å². The molecule has 1 heterocycles. The lowest BCUT2D eigenvalue weighted by atomic mass is 10.2. The molecule has 0 aromatic heterocycles. The first-order valence-electron chi connectivity index (χ1n) is 6.39. The van der Waals surface area contributed by atoms with Gasteiger partial charge in [0.1, 0.15) is 0 Å². The molecule has 2 nitrogen and oxygen atoms in total. The molecule has 3 rings (SSSR count). The van der Waals surface area contributed by atoms with Gasteiger partial charge in [0.25, 0.3) is 0 Å². The molecule has 2 atom stereocenters. The summed E-state index contributed by atoms with van der Waals surface area (Å²) in [5.41, 5.74) is 1.24. The highest BCUT2D eigenvalue weighted by Gasteiger charge is 2.38. The van der Waals surface area contributed by atoms with Crippen LogP contribution in [0.25, 0.3) is 0 Å². The quantitative estimate of drug-likeness (QED) is 0.768. The molecule has 0 spiro atoms. The van der Waals surface area contributed by atoms with E-state index in [1.165, 1.54) is 10.9 Å². The van der Waals surface area contributed by atoms with Crippen molar-refractivity contribution in [3.05, 3.63) is 66.2 Å². The third kappa shape index (κ3) is 2.29. The third-order valence-electron chi connectivity index (χ3n) is 3.55. The second-order valence-electron chi connectivity index (χ2n) is 4.75. The summed E-state index contributed by atoms with van der Waals surface area (Å²) in [6.07, 6.45) is 0.662. The minimum atomic E-state index is -0.482. The summed E-state index contributed by atoms with van der Waals surface area (Å²) in [5, 5.41) is 1.31. The summed E-state index contributed by atoms with van der Waals surface area (Å²) in [6.45, 7) is 0. The van der Waals surface area contributed by atoms with Crippen molar-refractivity contribution in [2.24, 2.45) is 0 Å². The highest BCUT2D eigenvalue weighted by Crippen LogP contribution is 2.56. The number of rotatable bonds is 2. The highest BCUT2D eigenvalue weighted by molar-refractivity contribution is 7.67. The van der Waals surface area contributed by atoms with Crippen molar-refractivity contribution < 1.29 is 4.79 Å². The zero-order valence-corrected chi connectivity index (χ0v) is 11.8. The van der Waals surface area contributed by atoms with Gasteiger partial charge in [-0.25, -0.2) is 0 Å². The van der Waals surface area contributed by atoms with Crippen LogP contribution < -0.4 is 5.30 Å². The van der Waals surface area contributed by atoms with Crippen LogP contribution >= 0.6 is 7.92 Å². The van der Waals surface area contributed by atoms with Crippen LogP contribution in [-0.2, 0) is 4.79 Å². The Balaban J connectivity index is 2.01. The number of hydrogen-bond acceptors (Lipinski definition) is 1. The Morgan fingerprint density at radius 2 is 1.58 bits per heavy atom. The molecular weight excluding hydrogens is 253 g/mol. The molecule has 0 saturated carbocycles. The zero-order chi connectivity index (χ0) is 13.2. The monoisotopic (exact) mass is 269 g/mol. The van der Waals surface area contributed by atoms with Crippen molar-refractivity contribution in [1.29, 1.82) is 0 Å². The molecule has 2 aromatic carbocycles. The van der Waals surface area contributed by atoms with Crippen molar-refractivity contribution >= 4 is 19.1 Å². The SMILES string of the molecule is CN1C(=O)C[P@@](c2ccccc2)[C@H]1c1ccccc1. The smallest absolute Gasteiger partial charge is 0.227 e. The van der Waals surface area contributed by atoms with E-state index in [-0.39, 0.29) is 11.7 Å². The Bertz CT molecular complexity index is 570. The molecule has 2 aromatic rings. The first kappa shape index (κ1) is 12.4. The van der Waals surface area contributed by atoms with Gasteiger partial charge in [-0.3, -0.25) is 4.79 Å². The van der Waals surface area contributed by atoms with Gasteiger partial charge in [0.15, 0.2) is 0 Å². The molecule has 1 aliphatic heterocycles. The van der Waals surface area contributed by atoms with Gasteiger partial charge in [-0.05, 0) is 18.8 Å². The summed E-state index contributed by atoms with van der Waals surface area (Å²) in [7, 11) is 1.44. The second-order valence-corrected chi connectivity index (χ2v) is 7.01. The van der Waals surface area contributed by atoms with Gasteiger partial charge < -0.3 is 4.90 Å². The standard InChI is InChI=1S/C16H16NOP/c1-17-15(18)12-19(14-10-6-3-7-11-14)16(17)13-8-4-2-5-9-13/h2-11,16H,12H2,1H3/t16-,19-/m0/s1. The zero-order valence-electron chi connectivity index (χ0n) is 10.9. The van der Waals surface area contributed by atoms with Crippen LogP contribution in [0.4, 0.5) is 0 Å². The second kappa shape index (κ2) is 5.14. The molecule has 0 radical (unpaired) electrons. The normalized spacial score (nSPS) is 22.8. The van der Waals surface area contributed by atoms with Gasteiger partial charge in [-0.2, -0.15) is 0 Å². The molecule has 0 aliphatic carbocycles. The van der Waals surface area contributed by atoms with Crippen molar-refractivity contribution in [3.63, 3.8) is 0 Å². The molecule has 1 saturated heterocycles. The predicted octanol–water partition coefficient (Wildman–Crippen LogP) is 2.96. The third-order valence-corrected chi connectivity index (χ3v) is 6.35. The van der Waals surface area contributed by atoms with E-state index in [0.29, 0.717) is 6.16 Å². The fraction of sp³-hybridized carbons (Fsp3) is 0.188. The van der Waals surface area contributed by atoms with E-state index in [9.17, 15) is 4.79 Å². The average molecular weight is 269 g/mol. The number of benzene rings is 2. The first-order chi connectivity index (χ1) is 9.27. The Morgan fingerprint density at radius 3 is 2.21 bits per heavy atom. The van der Waals surface area contributed by atoms with Crippen LogP contribution in [0.3, 0.4) is 0 Å². The maximum Gasteiger partial charge on any atom is 0.227 e. The lowest BCUT2D eigenvalue weighted by molar-refractivity contribution is -0.126. The number of hydrogen-bond donors (Lipinski definition) is 0. The average Bonchev–Trinajstić information content (AvgIpc) is 2.77. The van der Waals surface area contributed by atoms with E-state index in [2.05, 4.69) is 36.4 Å². The Kier molecular flexibility index (Phi) is 3.35. The van der Waals surface area contributed by atoms with Crippen LogP contribution in [0.5, 0.6) is 0 Å². The molecule has 0 N–H and O–H groups in total. The van der Waals surface area contributed by atoms with Gasteiger partial charge in [-0.1, -0.05) is 60.7 Å². The van der Waals surface area contributed by atoms with Crippen LogP contribution in [-0.4, -0.2) is 24.0 Å². The molecule has 3 heteroatoms. The molecular formula is C16H16NOP. The minimum Gasteiger partial charge on any atom is -0.334 e. The van der Waals surface area contributed by atoms with Gasteiger partial charge in [0.2, 0.25) is 5.91 Å². The van der Waals surface area contributed by atoms with Crippen molar-refractivity contribution in [3.8, 4) is 0 Å². The van der Waals surface area contributed by atoms with Crippen molar-refractivity contribution in [2.45, 2.75) is 5.78 Å². The van der Waals surface area contributed by atoms with Gasteiger partial charge >= 0.3 is 0 Å². The van der Waals surface area contributed by atoms with Crippen molar-refractivity contribution in [2.75, 3.05) is 13.2 Å². The predicted molar refractivity (Wildman–Crippen MR) is 79.8 cm³/mol. The lowest BCUT2D eigenvalue weighted by Gasteiger charge is -2.25. The summed E-state index contributed by atoms with van der Waals surface area (Å²) in [5.74, 6) is 0.468. The summed E-state index contributed by atoms with van der Waals surface area (Å²) in [4.78, 5) is 14.0. The lowest BCUT2D eigenvalue weighted by Crippen LogP contribution is -2.23. The molecule has 0 unspecified atom stereocenters. The molecule has 1 aliphatic rings. The van der Waals surface area contributed by atoms with Gasteiger partial charge in [0.05, 0.1) is 11.9 Å². The van der Waals surface area contributed by atoms with Crippen LogP contribution in [0.1, 0.15) is 11.3 Å². The molecule has 0 bridgehead atoms. The topological polar surface area (TPSA) is 20.3 Å². The Hall–Kier alpha value is -1.66. The maximum atomic E-state index is 12.1. The summed E-state index contributed by atoms with van der Waals surface area (Å²) < 4.78 is 0. The van der Waals surface area contributed by atoms with E-state index in [1.807, 2.05) is 36.2 Å². The van der Waals surface area contributed by atoms with E-state index < -0.39 is 7.92 Å². The van der Waals surface area contributed by atoms with Crippen molar-refractivity contribution in [1.82, 2.24) is 4.90 Å². The van der Waals surface area contributed by atoms with E-state index in [4.69, 9.17) is 0 Å². The molecule has 1 amide bonds. The summed E-state index contributed by atoms with van der Waals surface area (Å²) >= 11 is 0. The fourth-order valence-corrected chi connectivity index (χ4v) is 5.36. The molecule has 1 fully saturated rings. The Morgan fingerprint density at radius 1 is 1.00 bits per heavy atom. The number of nitrogens with zero attached hydrogens (tertiary/aromatic N) is 1. The maximum absolute atomic E-state index is 12.1. The molecule has 96 valence electrons. The number of amides is 1. The van der Waals surface area contributed by atoms with Crippen LogP contribution in [0, 0.1) is 0 Å². The Labute approximate surface area is 114 Å². The molecule has 19 heavy (non-hydrogen) atoms. The highest BCUT2D eigenvalue weighted by atomic mass is 31.1. The minimum absolute atomic E-state index is 0.214. The van der Waals surface area contributed by atoms with Crippen LogP contribution in [0.15, 0.2) is 60.7 Å². The van der Waals surface area contributed by atoms with E-state index in [1.54, 1.807) is 0 Å². The van der Waals surface area contributed by atoms with E-state index in [0.717, 1.165) is 0 Å². The van der Waals surface area contributed by atoms with Crippen LogP contribution in [0.2, 0.25) is 0 Å². The summed E-state index contributed by atoms with van der Waals surface area (Å²) in [6, 6.07) is 20.8. The fourth-order valence-electron chi connectivity index (χ4n) is 2.57. The largest absolute Gasteiger partial charge is 0.334 e. The number of carbonyl (C=O) groups is 1.